The minimum atomic E-state index is 0.546. The Balaban J connectivity index is 1.87. The number of methoxy groups -OCH3 is 1. The van der Waals surface area contributed by atoms with E-state index in [9.17, 15) is 0 Å². The van der Waals surface area contributed by atoms with Crippen molar-refractivity contribution >= 4 is 0 Å². The van der Waals surface area contributed by atoms with Gasteiger partial charge in [-0.15, -0.1) is 0 Å². The van der Waals surface area contributed by atoms with E-state index in [1.807, 2.05) is 12.1 Å². The molecule has 0 N–H and O–H groups in total. The van der Waals surface area contributed by atoms with Crippen LogP contribution >= 0.6 is 0 Å². The Morgan fingerprint density at radius 1 is 1.41 bits per heavy atom. The number of nitrogens with zero attached hydrogens (tertiary/aromatic N) is 1. The van der Waals surface area contributed by atoms with Gasteiger partial charge in [0.2, 0.25) is 0 Å². The summed E-state index contributed by atoms with van der Waals surface area (Å²) in [6.07, 6.45) is 1.28. The fourth-order valence-electron chi connectivity index (χ4n) is 3.03. The topological polar surface area (TPSA) is 21.7 Å². The average Bonchev–Trinajstić information content (AvgIpc) is 2.93. The lowest BCUT2D eigenvalue weighted by Gasteiger charge is -2.17. The molecule has 17 heavy (non-hydrogen) atoms. The zero-order valence-corrected chi connectivity index (χ0v) is 10.5. The molecule has 3 nitrogen and oxygen atoms in total. The van der Waals surface area contributed by atoms with E-state index in [1.54, 1.807) is 7.11 Å². The highest BCUT2D eigenvalue weighted by molar-refractivity contribution is 5.45. The molecule has 2 aliphatic rings. The second-order valence-corrected chi connectivity index (χ2v) is 5.13. The smallest absolute Gasteiger partial charge is 0.123 e. The lowest BCUT2D eigenvalue weighted by atomic mass is 9.87. The first kappa shape index (κ1) is 10.9. The summed E-state index contributed by atoms with van der Waals surface area (Å²) in [5.74, 6) is 3.26. The van der Waals surface area contributed by atoms with Crippen molar-refractivity contribution in [2.75, 3.05) is 33.9 Å². The van der Waals surface area contributed by atoms with Gasteiger partial charge in [0, 0.05) is 18.0 Å². The maximum absolute atomic E-state index is 5.78. The van der Waals surface area contributed by atoms with Gasteiger partial charge in [-0.1, -0.05) is 0 Å². The Morgan fingerprint density at radius 2 is 2.29 bits per heavy atom. The quantitative estimate of drug-likeness (QED) is 0.781. The Hall–Kier alpha value is -1.22. The molecule has 2 aliphatic heterocycles. The first-order valence-corrected chi connectivity index (χ1v) is 6.27. The van der Waals surface area contributed by atoms with Gasteiger partial charge in [0.1, 0.15) is 11.5 Å². The summed E-state index contributed by atoms with van der Waals surface area (Å²) in [5, 5.41) is 0. The fourth-order valence-corrected chi connectivity index (χ4v) is 3.03. The summed E-state index contributed by atoms with van der Waals surface area (Å²) in [7, 11) is 3.91. The van der Waals surface area contributed by atoms with Crippen LogP contribution in [0.3, 0.4) is 0 Å². The van der Waals surface area contributed by atoms with Crippen molar-refractivity contribution in [3.05, 3.63) is 23.8 Å². The molecule has 2 heterocycles. The monoisotopic (exact) mass is 233 g/mol. The van der Waals surface area contributed by atoms with Gasteiger partial charge in [-0.3, -0.25) is 0 Å². The van der Waals surface area contributed by atoms with E-state index in [4.69, 9.17) is 9.47 Å². The maximum atomic E-state index is 5.78. The van der Waals surface area contributed by atoms with Crippen molar-refractivity contribution in [2.24, 2.45) is 5.92 Å². The predicted molar refractivity (Wildman–Crippen MR) is 66.8 cm³/mol. The van der Waals surface area contributed by atoms with Crippen LogP contribution in [0.5, 0.6) is 11.5 Å². The Labute approximate surface area is 102 Å². The molecular weight excluding hydrogens is 214 g/mol. The van der Waals surface area contributed by atoms with Gasteiger partial charge in [-0.05, 0) is 44.1 Å². The van der Waals surface area contributed by atoms with E-state index in [-0.39, 0.29) is 0 Å². The van der Waals surface area contributed by atoms with Crippen LogP contribution in [0.15, 0.2) is 18.2 Å². The van der Waals surface area contributed by atoms with Gasteiger partial charge in [0.05, 0.1) is 13.7 Å². The fraction of sp³-hybridized carbons (Fsp3) is 0.571. The van der Waals surface area contributed by atoms with Crippen LogP contribution in [0, 0.1) is 5.92 Å². The summed E-state index contributed by atoms with van der Waals surface area (Å²) in [6, 6.07) is 6.15. The standard InChI is InChI=1S/C14H19NO2/c1-15-6-5-10(8-15)13-9-17-14-4-3-11(16-2)7-12(13)14/h3-4,7,10,13H,5-6,8-9H2,1-2H3. The highest BCUT2D eigenvalue weighted by Gasteiger charge is 2.34. The lowest BCUT2D eigenvalue weighted by Crippen LogP contribution is -2.19. The SMILES string of the molecule is COc1ccc2c(c1)C(C1CCN(C)C1)CO2. The molecule has 2 atom stereocenters. The first-order chi connectivity index (χ1) is 8.28. The Bertz CT molecular complexity index is 419. The van der Waals surface area contributed by atoms with Gasteiger partial charge in [0.15, 0.2) is 0 Å². The van der Waals surface area contributed by atoms with Crippen LogP contribution in [-0.4, -0.2) is 38.8 Å². The van der Waals surface area contributed by atoms with Crippen LogP contribution in [0.1, 0.15) is 17.9 Å². The summed E-state index contributed by atoms with van der Waals surface area (Å²) in [4.78, 5) is 2.41. The minimum absolute atomic E-state index is 0.546. The van der Waals surface area contributed by atoms with Crippen molar-refractivity contribution in [1.82, 2.24) is 4.90 Å². The number of benzene rings is 1. The Morgan fingerprint density at radius 3 is 3.00 bits per heavy atom. The molecule has 92 valence electrons. The number of ether oxygens (including phenoxy) is 2. The van der Waals surface area contributed by atoms with Crippen molar-refractivity contribution in [3.63, 3.8) is 0 Å². The summed E-state index contributed by atoms with van der Waals surface area (Å²) < 4.78 is 11.1. The van der Waals surface area contributed by atoms with E-state index in [2.05, 4.69) is 18.0 Å². The van der Waals surface area contributed by atoms with E-state index in [0.29, 0.717) is 5.92 Å². The zero-order chi connectivity index (χ0) is 11.8. The molecule has 0 amide bonds. The molecule has 3 heteroatoms. The molecule has 0 aromatic heterocycles. The number of rotatable bonds is 2. The first-order valence-electron chi connectivity index (χ1n) is 6.27. The minimum Gasteiger partial charge on any atom is -0.497 e. The van der Waals surface area contributed by atoms with Gasteiger partial charge in [0.25, 0.3) is 0 Å². The van der Waals surface area contributed by atoms with Gasteiger partial charge in [-0.25, -0.2) is 0 Å². The normalized spacial score (nSPS) is 27.9. The molecular formula is C14H19NO2. The maximum Gasteiger partial charge on any atom is 0.123 e. The van der Waals surface area contributed by atoms with E-state index in [1.165, 1.54) is 25.1 Å². The number of hydrogen-bond donors (Lipinski definition) is 0. The third-order valence-electron chi connectivity index (χ3n) is 4.03. The molecule has 1 saturated heterocycles. The second-order valence-electron chi connectivity index (χ2n) is 5.13. The van der Waals surface area contributed by atoms with Crippen LogP contribution in [0.2, 0.25) is 0 Å². The van der Waals surface area contributed by atoms with E-state index >= 15 is 0 Å². The summed E-state index contributed by atoms with van der Waals surface area (Å²) >= 11 is 0. The Kier molecular flexibility index (Phi) is 2.71. The largest absolute Gasteiger partial charge is 0.497 e. The van der Waals surface area contributed by atoms with Crippen LogP contribution in [-0.2, 0) is 0 Å². The van der Waals surface area contributed by atoms with Gasteiger partial charge in [-0.2, -0.15) is 0 Å². The third kappa shape index (κ3) is 1.89. The average molecular weight is 233 g/mol. The molecule has 1 fully saturated rings. The predicted octanol–water partition coefficient (Wildman–Crippen LogP) is 2.12. The zero-order valence-electron chi connectivity index (χ0n) is 10.5. The van der Waals surface area contributed by atoms with Gasteiger partial charge < -0.3 is 14.4 Å². The molecule has 0 spiro atoms. The van der Waals surface area contributed by atoms with Crippen LogP contribution in [0.4, 0.5) is 0 Å². The van der Waals surface area contributed by atoms with Gasteiger partial charge >= 0.3 is 0 Å². The van der Waals surface area contributed by atoms with Crippen LogP contribution < -0.4 is 9.47 Å². The van der Waals surface area contributed by atoms with E-state index < -0.39 is 0 Å². The van der Waals surface area contributed by atoms with Crippen molar-refractivity contribution in [1.29, 1.82) is 0 Å². The molecule has 0 radical (unpaired) electrons. The molecule has 1 aromatic carbocycles. The number of hydrogen-bond acceptors (Lipinski definition) is 3. The molecule has 3 rings (SSSR count). The molecule has 0 aliphatic carbocycles. The molecule has 0 saturated carbocycles. The summed E-state index contributed by atoms with van der Waals surface area (Å²) in [6.45, 7) is 3.23. The second kappa shape index (κ2) is 4.22. The van der Waals surface area contributed by atoms with Crippen molar-refractivity contribution in [2.45, 2.75) is 12.3 Å². The third-order valence-corrected chi connectivity index (χ3v) is 4.03. The van der Waals surface area contributed by atoms with Crippen LogP contribution in [0.25, 0.3) is 0 Å². The number of likely N-dealkylation sites (tertiary alicyclic amines) is 1. The van der Waals surface area contributed by atoms with Crippen molar-refractivity contribution in [3.8, 4) is 11.5 Å². The molecule has 2 unspecified atom stereocenters. The highest BCUT2D eigenvalue weighted by Crippen LogP contribution is 2.42. The lowest BCUT2D eigenvalue weighted by molar-refractivity contribution is 0.286. The molecule has 1 aromatic rings. The highest BCUT2D eigenvalue weighted by atomic mass is 16.5. The molecule has 0 bridgehead atoms. The van der Waals surface area contributed by atoms with Crippen molar-refractivity contribution < 1.29 is 9.47 Å². The van der Waals surface area contributed by atoms with E-state index in [0.717, 1.165) is 24.0 Å². The number of fused-ring (bicyclic) bond motifs is 1. The summed E-state index contributed by atoms with van der Waals surface area (Å²) in [5.41, 5.74) is 1.34.